The van der Waals surface area contributed by atoms with Crippen molar-refractivity contribution in [3.63, 3.8) is 0 Å². The molecular weight excluding hydrogens is 282 g/mol. The van der Waals surface area contributed by atoms with Crippen LogP contribution in [0, 0.1) is 11.8 Å². The summed E-state index contributed by atoms with van der Waals surface area (Å²) in [7, 11) is 0. The second-order valence-corrected chi connectivity index (χ2v) is 5.71. The standard InChI is InChI=1S/C21H19NO/c1-16(23)5-4-6-17-9-11-18(12-10-17)15-21-20-8-3-2-7-19(20)13-14-22-21/h2-3,7-14,16,23H,5,15H2,1H3. The van der Waals surface area contributed by atoms with E-state index < -0.39 is 0 Å². The van der Waals surface area contributed by atoms with Crippen molar-refractivity contribution in [3.05, 3.63) is 77.6 Å². The minimum Gasteiger partial charge on any atom is -0.392 e. The van der Waals surface area contributed by atoms with Crippen molar-refractivity contribution in [2.75, 3.05) is 0 Å². The molecule has 0 saturated carbocycles. The molecule has 3 aromatic rings. The van der Waals surface area contributed by atoms with Gasteiger partial charge < -0.3 is 5.11 Å². The van der Waals surface area contributed by atoms with Gasteiger partial charge in [-0.2, -0.15) is 0 Å². The maximum absolute atomic E-state index is 9.22. The SMILES string of the molecule is CC(O)CC#Cc1ccc(Cc2nccc3ccccc23)cc1. The average molecular weight is 301 g/mol. The first kappa shape index (κ1) is 15.3. The number of aliphatic hydroxyl groups is 1. The van der Waals surface area contributed by atoms with Gasteiger partial charge in [0.05, 0.1) is 11.8 Å². The van der Waals surface area contributed by atoms with E-state index in [0.29, 0.717) is 6.42 Å². The van der Waals surface area contributed by atoms with Crippen molar-refractivity contribution < 1.29 is 5.11 Å². The lowest BCUT2D eigenvalue weighted by atomic mass is 10.0. The first-order valence-corrected chi connectivity index (χ1v) is 7.81. The molecule has 3 rings (SSSR count). The van der Waals surface area contributed by atoms with Gasteiger partial charge in [-0.05, 0) is 36.1 Å². The molecule has 114 valence electrons. The third-order valence-electron chi connectivity index (χ3n) is 3.71. The Hall–Kier alpha value is -2.63. The van der Waals surface area contributed by atoms with Gasteiger partial charge in [0.15, 0.2) is 0 Å². The van der Waals surface area contributed by atoms with E-state index in [4.69, 9.17) is 0 Å². The van der Waals surface area contributed by atoms with Gasteiger partial charge in [-0.25, -0.2) is 0 Å². The molecule has 0 spiro atoms. The predicted molar refractivity (Wildman–Crippen MR) is 94.2 cm³/mol. The summed E-state index contributed by atoms with van der Waals surface area (Å²) in [5.74, 6) is 6.05. The Bertz CT molecular complexity index is 849. The third kappa shape index (κ3) is 3.97. The van der Waals surface area contributed by atoms with Crippen molar-refractivity contribution in [3.8, 4) is 11.8 Å². The van der Waals surface area contributed by atoms with Crippen LogP contribution in [0.5, 0.6) is 0 Å². The molecule has 1 atom stereocenters. The molecule has 2 aromatic carbocycles. The van der Waals surface area contributed by atoms with E-state index in [1.807, 2.05) is 36.5 Å². The highest BCUT2D eigenvalue weighted by Gasteiger charge is 2.03. The summed E-state index contributed by atoms with van der Waals surface area (Å²) in [6.07, 6.45) is 2.80. The van der Waals surface area contributed by atoms with Crippen LogP contribution in [0.4, 0.5) is 0 Å². The third-order valence-corrected chi connectivity index (χ3v) is 3.71. The van der Waals surface area contributed by atoms with Crippen LogP contribution in [0.2, 0.25) is 0 Å². The van der Waals surface area contributed by atoms with E-state index in [1.165, 1.54) is 16.3 Å². The topological polar surface area (TPSA) is 33.1 Å². The number of benzene rings is 2. The zero-order valence-electron chi connectivity index (χ0n) is 13.2. The smallest absolute Gasteiger partial charge is 0.0621 e. The van der Waals surface area contributed by atoms with Crippen LogP contribution in [0.15, 0.2) is 60.8 Å². The highest BCUT2D eigenvalue weighted by atomic mass is 16.3. The molecule has 0 aliphatic heterocycles. The summed E-state index contributed by atoms with van der Waals surface area (Å²) >= 11 is 0. The number of rotatable bonds is 3. The van der Waals surface area contributed by atoms with Crippen LogP contribution >= 0.6 is 0 Å². The Morgan fingerprint density at radius 1 is 1.04 bits per heavy atom. The number of pyridine rings is 1. The van der Waals surface area contributed by atoms with Crippen molar-refractivity contribution in [1.82, 2.24) is 4.98 Å². The van der Waals surface area contributed by atoms with E-state index in [2.05, 4.69) is 41.1 Å². The first-order chi connectivity index (χ1) is 11.2. The minimum atomic E-state index is -0.376. The normalized spacial score (nSPS) is 11.7. The summed E-state index contributed by atoms with van der Waals surface area (Å²) in [4.78, 5) is 4.54. The molecule has 0 bridgehead atoms. The van der Waals surface area contributed by atoms with Gasteiger partial charge in [0.25, 0.3) is 0 Å². The molecule has 0 aliphatic carbocycles. The van der Waals surface area contributed by atoms with Gasteiger partial charge >= 0.3 is 0 Å². The molecule has 0 radical (unpaired) electrons. The molecule has 23 heavy (non-hydrogen) atoms. The van der Waals surface area contributed by atoms with E-state index in [0.717, 1.165) is 17.7 Å². The maximum Gasteiger partial charge on any atom is 0.0621 e. The second-order valence-electron chi connectivity index (χ2n) is 5.71. The summed E-state index contributed by atoms with van der Waals surface area (Å²) < 4.78 is 0. The molecule has 1 N–H and O–H groups in total. The highest BCUT2D eigenvalue weighted by molar-refractivity contribution is 5.84. The lowest BCUT2D eigenvalue weighted by Crippen LogP contribution is -1.95. The summed E-state index contributed by atoms with van der Waals surface area (Å²) in [6, 6.07) is 18.6. The molecule has 1 aromatic heterocycles. The molecule has 2 nitrogen and oxygen atoms in total. The van der Waals surface area contributed by atoms with E-state index in [1.54, 1.807) is 6.92 Å². The Morgan fingerprint density at radius 2 is 1.83 bits per heavy atom. The lowest BCUT2D eigenvalue weighted by molar-refractivity contribution is 0.201. The number of aromatic nitrogens is 1. The average Bonchev–Trinajstić information content (AvgIpc) is 2.56. The Morgan fingerprint density at radius 3 is 2.61 bits per heavy atom. The van der Waals surface area contributed by atoms with Crippen LogP contribution in [0.25, 0.3) is 10.8 Å². The first-order valence-electron chi connectivity index (χ1n) is 7.81. The van der Waals surface area contributed by atoms with Crippen LogP contribution in [0.1, 0.15) is 30.2 Å². The molecular formula is C21H19NO. The minimum absolute atomic E-state index is 0.376. The fourth-order valence-corrected chi connectivity index (χ4v) is 2.52. The van der Waals surface area contributed by atoms with Crippen molar-refractivity contribution in [2.24, 2.45) is 0 Å². The lowest BCUT2D eigenvalue weighted by Gasteiger charge is -2.06. The fourth-order valence-electron chi connectivity index (χ4n) is 2.52. The molecule has 1 unspecified atom stereocenters. The summed E-state index contributed by atoms with van der Waals surface area (Å²) in [5.41, 5.74) is 3.28. The van der Waals surface area contributed by atoms with E-state index >= 15 is 0 Å². The fraction of sp³-hybridized carbons (Fsp3) is 0.190. The van der Waals surface area contributed by atoms with E-state index in [-0.39, 0.29) is 6.10 Å². The zero-order valence-corrected chi connectivity index (χ0v) is 13.2. The van der Waals surface area contributed by atoms with Crippen molar-refractivity contribution in [1.29, 1.82) is 0 Å². The van der Waals surface area contributed by atoms with Gasteiger partial charge in [0.2, 0.25) is 0 Å². The maximum atomic E-state index is 9.22. The van der Waals surface area contributed by atoms with Crippen molar-refractivity contribution >= 4 is 10.8 Å². The Kier molecular flexibility index (Phi) is 4.71. The quantitative estimate of drug-likeness (QED) is 0.743. The molecule has 1 heterocycles. The van der Waals surface area contributed by atoms with Gasteiger partial charge in [-0.3, -0.25) is 4.98 Å². The summed E-state index contributed by atoms with van der Waals surface area (Å²) in [5, 5.41) is 11.6. The molecule has 2 heteroatoms. The zero-order chi connectivity index (χ0) is 16.1. The second kappa shape index (κ2) is 7.09. The number of hydrogen-bond acceptors (Lipinski definition) is 2. The molecule has 0 amide bonds. The molecule has 0 saturated heterocycles. The highest BCUT2D eigenvalue weighted by Crippen LogP contribution is 2.19. The van der Waals surface area contributed by atoms with Crippen LogP contribution in [-0.2, 0) is 6.42 Å². The molecule has 0 fully saturated rings. The number of nitrogens with zero attached hydrogens (tertiary/aromatic N) is 1. The van der Waals surface area contributed by atoms with Gasteiger partial charge in [-0.15, -0.1) is 0 Å². The Labute approximate surface area is 136 Å². The number of aliphatic hydroxyl groups excluding tert-OH is 1. The monoisotopic (exact) mass is 301 g/mol. The van der Waals surface area contributed by atoms with Gasteiger partial charge in [0, 0.05) is 30.0 Å². The van der Waals surface area contributed by atoms with Gasteiger partial charge in [0.1, 0.15) is 0 Å². The van der Waals surface area contributed by atoms with Gasteiger partial charge in [-0.1, -0.05) is 48.2 Å². The predicted octanol–water partition coefficient (Wildman–Crippen LogP) is 3.95. The van der Waals surface area contributed by atoms with Crippen LogP contribution < -0.4 is 0 Å². The number of hydrogen-bond donors (Lipinski definition) is 1. The van der Waals surface area contributed by atoms with E-state index in [9.17, 15) is 5.11 Å². The van der Waals surface area contributed by atoms with Crippen LogP contribution in [-0.4, -0.2) is 16.2 Å². The number of fused-ring (bicyclic) bond motifs is 1. The summed E-state index contributed by atoms with van der Waals surface area (Å²) in [6.45, 7) is 1.74. The molecule has 0 aliphatic rings. The largest absolute Gasteiger partial charge is 0.392 e. The van der Waals surface area contributed by atoms with Crippen molar-refractivity contribution in [2.45, 2.75) is 25.9 Å². The van der Waals surface area contributed by atoms with Crippen LogP contribution in [0.3, 0.4) is 0 Å². The Balaban J connectivity index is 1.78.